The van der Waals surface area contributed by atoms with Crippen molar-refractivity contribution in [3.05, 3.63) is 46.3 Å². The van der Waals surface area contributed by atoms with Crippen LogP contribution in [0.15, 0.2) is 40.6 Å². The van der Waals surface area contributed by atoms with Crippen LogP contribution in [0.4, 0.5) is 5.69 Å². The third kappa shape index (κ3) is 5.03. The molecule has 1 aromatic heterocycles. The molecular weight excluding hydrogens is 422 g/mol. The Morgan fingerprint density at radius 2 is 2.00 bits per heavy atom. The Hall–Kier alpha value is -2.10. The normalized spacial score (nSPS) is 14.3. The van der Waals surface area contributed by atoms with Crippen molar-refractivity contribution in [2.75, 3.05) is 24.4 Å². The summed E-state index contributed by atoms with van der Waals surface area (Å²) in [6.45, 7) is 1.76. The second-order valence-electron chi connectivity index (χ2n) is 6.30. The third-order valence-corrected chi connectivity index (χ3v) is 7.38. The van der Waals surface area contributed by atoms with E-state index in [0.717, 1.165) is 24.3 Å². The number of carbonyl (C=O) groups excluding carboxylic acids is 2. The quantitative estimate of drug-likeness (QED) is 0.615. The number of carbonyl (C=O) groups is 2. The number of amides is 2. The summed E-state index contributed by atoms with van der Waals surface area (Å²) in [4.78, 5) is 25.9. The molecule has 1 aromatic carbocycles. The maximum atomic E-state index is 12.5. The number of rotatable bonds is 8. The van der Waals surface area contributed by atoms with Crippen molar-refractivity contribution in [1.29, 1.82) is 0 Å². The molecule has 0 spiro atoms. The fourth-order valence-corrected chi connectivity index (χ4v) is 5.48. The summed E-state index contributed by atoms with van der Waals surface area (Å²) in [6, 6.07) is 9.32. The summed E-state index contributed by atoms with van der Waals surface area (Å²) < 4.78 is 27.9. The minimum atomic E-state index is -3.83. The van der Waals surface area contributed by atoms with Gasteiger partial charge in [0.1, 0.15) is 4.21 Å². The Bertz CT molecular complexity index is 975. The number of nitrogens with zero attached hydrogens (tertiary/aromatic N) is 1. The molecule has 3 rings (SSSR count). The summed E-state index contributed by atoms with van der Waals surface area (Å²) in [5.41, 5.74) is 0.422. The molecule has 10 heteroatoms. The lowest BCUT2D eigenvalue weighted by atomic mass is 10.1. The summed E-state index contributed by atoms with van der Waals surface area (Å²) in [7, 11) is -3.83. The average Bonchev–Trinajstić information content (AvgIpc) is 3.27. The van der Waals surface area contributed by atoms with Gasteiger partial charge in [-0.25, -0.2) is 8.42 Å². The number of sulfonamides is 1. The minimum Gasteiger partial charge on any atom is -0.352 e. The number of para-hydroxylation sites is 1. The molecule has 2 heterocycles. The Labute approximate surface area is 172 Å². The molecule has 0 bridgehead atoms. The summed E-state index contributed by atoms with van der Waals surface area (Å²) in [6.07, 6.45) is 2.11. The lowest BCUT2D eigenvalue weighted by molar-refractivity contribution is -0.127. The van der Waals surface area contributed by atoms with Crippen LogP contribution < -0.4 is 10.0 Å². The number of likely N-dealkylation sites (tertiary alicyclic amines) is 1. The third-order valence-electron chi connectivity index (χ3n) is 4.29. The molecule has 0 atom stereocenters. The Balaban J connectivity index is 1.61. The van der Waals surface area contributed by atoms with Gasteiger partial charge in [-0.05, 0) is 37.1 Å². The van der Waals surface area contributed by atoms with Crippen molar-refractivity contribution in [3.63, 3.8) is 0 Å². The van der Waals surface area contributed by atoms with E-state index in [0.29, 0.717) is 30.3 Å². The molecule has 1 aliphatic rings. The molecular formula is C18H20ClN3O4S2. The maximum absolute atomic E-state index is 12.5. The van der Waals surface area contributed by atoms with E-state index in [1.807, 2.05) is 0 Å². The van der Waals surface area contributed by atoms with Gasteiger partial charge in [0.15, 0.2) is 0 Å². The van der Waals surface area contributed by atoms with Crippen LogP contribution in [0.5, 0.6) is 0 Å². The van der Waals surface area contributed by atoms with Crippen molar-refractivity contribution >= 4 is 50.5 Å². The van der Waals surface area contributed by atoms with Crippen molar-refractivity contribution in [3.8, 4) is 0 Å². The van der Waals surface area contributed by atoms with Crippen molar-refractivity contribution in [2.45, 2.75) is 23.5 Å². The molecule has 0 unspecified atom stereocenters. The zero-order valence-electron chi connectivity index (χ0n) is 15.0. The van der Waals surface area contributed by atoms with E-state index in [4.69, 9.17) is 11.6 Å². The van der Waals surface area contributed by atoms with Gasteiger partial charge in [-0.3, -0.25) is 14.3 Å². The van der Waals surface area contributed by atoms with Gasteiger partial charge in [-0.2, -0.15) is 0 Å². The summed E-state index contributed by atoms with van der Waals surface area (Å²) in [5.74, 6) is -0.227. The Kier molecular flexibility index (Phi) is 6.58. The molecule has 150 valence electrons. The molecule has 0 radical (unpaired) electrons. The van der Waals surface area contributed by atoms with Crippen LogP contribution in [0.3, 0.4) is 0 Å². The molecule has 2 aromatic rings. The number of hydrogen-bond acceptors (Lipinski definition) is 5. The van der Waals surface area contributed by atoms with Gasteiger partial charge < -0.3 is 10.2 Å². The second-order valence-corrected chi connectivity index (χ2v) is 9.93. The standard InChI is InChI=1S/C18H20ClN3O4S2/c19-15-8-9-17(27-15)28(25,26)21-14-6-2-1-5-13(14)18(24)20-10-4-12-22-11-3-7-16(22)23/h1-2,5-6,8-9,21H,3-4,7,10-12H2,(H,20,24). The number of halogens is 1. The molecule has 0 aliphatic carbocycles. The van der Waals surface area contributed by atoms with E-state index in [9.17, 15) is 18.0 Å². The first kappa shape index (κ1) is 20.6. The predicted octanol–water partition coefficient (Wildman–Crippen LogP) is 2.94. The largest absolute Gasteiger partial charge is 0.352 e. The lowest BCUT2D eigenvalue weighted by Gasteiger charge is -2.16. The average molecular weight is 442 g/mol. The van der Waals surface area contributed by atoms with Crippen LogP contribution >= 0.6 is 22.9 Å². The van der Waals surface area contributed by atoms with Crippen molar-refractivity contribution in [2.24, 2.45) is 0 Å². The second kappa shape index (κ2) is 8.93. The minimum absolute atomic E-state index is 0.0722. The highest BCUT2D eigenvalue weighted by atomic mass is 35.5. The van der Waals surface area contributed by atoms with E-state index < -0.39 is 10.0 Å². The van der Waals surface area contributed by atoms with Gasteiger partial charge in [-0.15, -0.1) is 11.3 Å². The Morgan fingerprint density at radius 1 is 1.21 bits per heavy atom. The van der Waals surface area contributed by atoms with Crippen LogP contribution in [0, 0.1) is 0 Å². The molecule has 1 fully saturated rings. The van der Waals surface area contributed by atoms with E-state index >= 15 is 0 Å². The van der Waals surface area contributed by atoms with Crippen LogP contribution in [0.1, 0.15) is 29.6 Å². The SMILES string of the molecule is O=C(NCCCN1CCCC1=O)c1ccccc1NS(=O)(=O)c1ccc(Cl)s1. The molecule has 28 heavy (non-hydrogen) atoms. The van der Waals surface area contributed by atoms with E-state index in [-0.39, 0.29) is 27.3 Å². The first-order valence-electron chi connectivity index (χ1n) is 8.80. The van der Waals surface area contributed by atoms with Gasteiger partial charge in [0.05, 0.1) is 15.6 Å². The lowest BCUT2D eigenvalue weighted by Crippen LogP contribution is -2.31. The zero-order valence-corrected chi connectivity index (χ0v) is 17.4. The van der Waals surface area contributed by atoms with E-state index in [1.54, 1.807) is 23.1 Å². The molecule has 1 saturated heterocycles. The van der Waals surface area contributed by atoms with Gasteiger partial charge in [-0.1, -0.05) is 23.7 Å². The van der Waals surface area contributed by atoms with Crippen LogP contribution in [-0.4, -0.2) is 44.8 Å². The zero-order chi connectivity index (χ0) is 20.1. The van der Waals surface area contributed by atoms with E-state index in [2.05, 4.69) is 10.0 Å². The van der Waals surface area contributed by atoms with Crippen LogP contribution in [0.25, 0.3) is 0 Å². The molecule has 2 N–H and O–H groups in total. The number of thiophene rings is 1. The van der Waals surface area contributed by atoms with Gasteiger partial charge in [0.2, 0.25) is 5.91 Å². The number of hydrogen-bond donors (Lipinski definition) is 2. The maximum Gasteiger partial charge on any atom is 0.271 e. The smallest absolute Gasteiger partial charge is 0.271 e. The monoisotopic (exact) mass is 441 g/mol. The van der Waals surface area contributed by atoms with Gasteiger partial charge in [0.25, 0.3) is 15.9 Å². The first-order chi connectivity index (χ1) is 13.4. The van der Waals surface area contributed by atoms with Crippen LogP contribution in [-0.2, 0) is 14.8 Å². The molecule has 1 aliphatic heterocycles. The van der Waals surface area contributed by atoms with Crippen molar-refractivity contribution < 1.29 is 18.0 Å². The highest BCUT2D eigenvalue weighted by Gasteiger charge is 2.21. The topological polar surface area (TPSA) is 95.6 Å². The highest BCUT2D eigenvalue weighted by molar-refractivity contribution is 7.94. The fraction of sp³-hybridized carbons (Fsp3) is 0.333. The predicted molar refractivity (Wildman–Crippen MR) is 109 cm³/mol. The number of nitrogens with one attached hydrogen (secondary N) is 2. The van der Waals surface area contributed by atoms with Gasteiger partial charge >= 0.3 is 0 Å². The highest BCUT2D eigenvalue weighted by Crippen LogP contribution is 2.28. The van der Waals surface area contributed by atoms with E-state index in [1.165, 1.54) is 18.2 Å². The fourth-order valence-electron chi connectivity index (χ4n) is 2.91. The summed E-state index contributed by atoms with van der Waals surface area (Å²) in [5, 5.41) is 2.78. The van der Waals surface area contributed by atoms with Gasteiger partial charge in [0, 0.05) is 26.1 Å². The van der Waals surface area contributed by atoms with Crippen LogP contribution in [0.2, 0.25) is 4.34 Å². The van der Waals surface area contributed by atoms with Crippen molar-refractivity contribution in [1.82, 2.24) is 10.2 Å². The Morgan fingerprint density at radius 3 is 2.68 bits per heavy atom. The number of benzene rings is 1. The summed E-state index contributed by atoms with van der Waals surface area (Å²) >= 11 is 6.76. The number of anilines is 1. The molecule has 2 amide bonds. The first-order valence-corrected chi connectivity index (χ1v) is 11.5. The molecule has 7 nitrogen and oxygen atoms in total. The molecule has 0 saturated carbocycles.